The van der Waals surface area contributed by atoms with E-state index in [1.165, 1.54) is 0 Å². The molecule has 0 amide bonds. The molecule has 0 bridgehead atoms. The number of hydrogen-bond acceptors (Lipinski definition) is 12. The summed E-state index contributed by atoms with van der Waals surface area (Å²) in [6, 6.07) is 0. The Bertz CT molecular complexity index is 378. The van der Waals surface area contributed by atoms with Gasteiger partial charge in [0.15, 0.2) is 0 Å². The van der Waals surface area contributed by atoms with Crippen LogP contribution in [0.3, 0.4) is 0 Å². The van der Waals surface area contributed by atoms with E-state index in [0.29, 0.717) is 13.0 Å². The summed E-state index contributed by atoms with van der Waals surface area (Å²) in [5.74, 6) is -4.78. The molecule has 0 saturated carbocycles. The zero-order valence-electron chi connectivity index (χ0n) is 16.3. The van der Waals surface area contributed by atoms with Gasteiger partial charge in [-0.2, -0.15) is 0 Å². The van der Waals surface area contributed by atoms with E-state index in [-0.39, 0.29) is 18.3 Å². The molecule has 1 rings (SSSR count). The Hall–Kier alpha value is -2.89. The van der Waals surface area contributed by atoms with Gasteiger partial charge in [-0.3, -0.25) is 4.79 Å². The van der Waals surface area contributed by atoms with Crippen molar-refractivity contribution in [2.45, 2.75) is 25.7 Å². The minimum absolute atomic E-state index is 0. The van der Waals surface area contributed by atoms with Crippen LogP contribution in [0.15, 0.2) is 0 Å². The Kier molecular flexibility index (Phi) is 46.6. The van der Waals surface area contributed by atoms with Crippen molar-refractivity contribution in [3.8, 4) is 0 Å². The summed E-state index contributed by atoms with van der Waals surface area (Å²) >= 11 is 0. The number of carbonyl (C=O) groups excluding carboxylic acids is 1. The van der Waals surface area contributed by atoms with E-state index in [1.54, 1.807) is 0 Å². The van der Waals surface area contributed by atoms with E-state index >= 15 is 0 Å². The molecule has 0 unspecified atom stereocenters. The highest BCUT2D eigenvalue weighted by molar-refractivity contribution is 5.69. The fourth-order valence-corrected chi connectivity index (χ4v) is 0.806. The zero-order chi connectivity index (χ0) is 23.0. The van der Waals surface area contributed by atoms with E-state index in [0.717, 1.165) is 19.3 Å². The molecule has 16 nitrogen and oxygen atoms in total. The minimum Gasteiger partial charge on any atom is -0.480 e. The average molecular weight is 452 g/mol. The number of aliphatic hydroxyl groups excluding tert-OH is 4. The van der Waals surface area contributed by atoms with Crippen molar-refractivity contribution in [2.75, 3.05) is 33.0 Å². The first-order valence-electron chi connectivity index (χ1n) is 7.44. The first kappa shape index (κ1) is 41.5. The van der Waals surface area contributed by atoms with Crippen molar-refractivity contribution in [1.29, 1.82) is 0 Å². The van der Waals surface area contributed by atoms with Gasteiger partial charge in [0, 0.05) is 6.42 Å². The lowest BCUT2D eigenvalue weighted by Crippen LogP contribution is -2.00. The van der Waals surface area contributed by atoms with Crippen LogP contribution in [-0.2, 0) is 28.7 Å². The van der Waals surface area contributed by atoms with Crippen LogP contribution < -0.4 is 12.3 Å². The first-order chi connectivity index (χ1) is 13.0. The third kappa shape index (κ3) is 73.3. The molecular weight excluding hydrogens is 420 g/mol. The van der Waals surface area contributed by atoms with Crippen LogP contribution >= 0.6 is 0 Å². The van der Waals surface area contributed by atoms with E-state index < -0.39 is 50.3 Å². The second kappa shape index (κ2) is 33.7. The Morgan fingerprint density at radius 3 is 1.13 bits per heavy atom. The summed E-state index contributed by atoms with van der Waals surface area (Å²) < 4.78 is 4.76. The molecule has 1 heterocycles. The minimum atomic E-state index is -1.19. The van der Waals surface area contributed by atoms with Crippen LogP contribution in [-0.4, -0.2) is 104 Å². The molecular formula is C14H32N2O14. The number of rotatable bonds is 4. The largest absolute Gasteiger partial charge is 0.480 e. The normalized spacial score (nSPS) is 10.7. The average Bonchev–Trinajstić information content (AvgIpc) is 2.90. The van der Waals surface area contributed by atoms with Gasteiger partial charge < -0.3 is 57.9 Å². The second-order valence-electron chi connectivity index (χ2n) is 4.24. The van der Waals surface area contributed by atoms with Crippen LogP contribution in [0.2, 0.25) is 0 Å². The number of carboxylic acids is 4. The Labute approximate surface area is 171 Å². The molecule has 1 aliphatic heterocycles. The maximum absolute atomic E-state index is 10.5. The number of hydrogen-bond donors (Lipinski definition) is 10. The lowest BCUT2D eigenvalue weighted by atomic mass is 10.2. The highest BCUT2D eigenvalue weighted by Crippen LogP contribution is 2.06. The third-order valence-electron chi connectivity index (χ3n) is 1.83. The predicted octanol–water partition coefficient (Wildman–Crippen LogP) is -2.32. The van der Waals surface area contributed by atoms with Crippen LogP contribution in [0.4, 0.5) is 0 Å². The van der Waals surface area contributed by atoms with E-state index in [1.807, 2.05) is 0 Å². The molecule has 0 aromatic carbocycles. The third-order valence-corrected chi connectivity index (χ3v) is 1.83. The zero-order valence-corrected chi connectivity index (χ0v) is 16.3. The molecule has 0 aliphatic carbocycles. The Morgan fingerprint density at radius 2 is 0.900 bits per heavy atom. The number of carbonyl (C=O) groups is 5. The number of ether oxygens (including phenoxy) is 1. The van der Waals surface area contributed by atoms with Crippen LogP contribution in [0.1, 0.15) is 25.7 Å². The number of aliphatic carboxylic acids is 4. The summed E-state index contributed by atoms with van der Waals surface area (Å²) in [5.41, 5.74) is 0. The lowest BCUT2D eigenvalue weighted by molar-refractivity contribution is -0.143. The van der Waals surface area contributed by atoms with Gasteiger partial charge in [-0.05, 0) is 19.3 Å². The molecule has 1 aliphatic rings. The van der Waals surface area contributed by atoms with Crippen molar-refractivity contribution in [1.82, 2.24) is 12.3 Å². The van der Waals surface area contributed by atoms with Gasteiger partial charge in [0.25, 0.3) is 0 Å². The van der Waals surface area contributed by atoms with Crippen molar-refractivity contribution >= 4 is 29.8 Å². The maximum atomic E-state index is 10.5. The van der Waals surface area contributed by atoms with Crippen LogP contribution in [0.5, 0.6) is 0 Å². The highest BCUT2D eigenvalue weighted by atomic mass is 16.5. The van der Waals surface area contributed by atoms with Crippen molar-refractivity contribution in [3.05, 3.63) is 0 Å². The molecule has 0 spiro atoms. The van der Waals surface area contributed by atoms with Crippen LogP contribution in [0, 0.1) is 0 Å². The maximum Gasteiger partial charge on any atom is 0.329 e. The summed E-state index contributed by atoms with van der Waals surface area (Å²) in [7, 11) is 0. The lowest BCUT2D eigenvalue weighted by Gasteiger charge is -1.93. The number of carboxylic acid groups (broad SMARTS) is 4. The Balaban J connectivity index is -0.0000000602. The molecule has 1 fully saturated rings. The summed E-state index contributed by atoms with van der Waals surface area (Å²) in [5, 5.41) is 60.1. The first-order valence-corrected chi connectivity index (χ1v) is 7.44. The van der Waals surface area contributed by atoms with Crippen molar-refractivity contribution < 1.29 is 69.6 Å². The number of esters is 1. The van der Waals surface area contributed by atoms with Gasteiger partial charge >= 0.3 is 29.8 Å². The van der Waals surface area contributed by atoms with Crippen LogP contribution in [0.25, 0.3) is 0 Å². The summed E-state index contributed by atoms with van der Waals surface area (Å²) in [6.07, 6.45) is 3.83. The van der Waals surface area contributed by atoms with E-state index in [9.17, 15) is 4.79 Å². The summed E-state index contributed by atoms with van der Waals surface area (Å²) in [6.45, 7) is -2.47. The molecule has 182 valence electrons. The van der Waals surface area contributed by atoms with E-state index in [2.05, 4.69) is 0 Å². The Morgan fingerprint density at radius 1 is 0.633 bits per heavy atom. The molecule has 0 radical (unpaired) electrons. The number of aliphatic hydroxyl groups is 4. The molecule has 16 heteroatoms. The van der Waals surface area contributed by atoms with Gasteiger partial charge in [0.1, 0.15) is 26.4 Å². The molecule has 30 heavy (non-hydrogen) atoms. The summed E-state index contributed by atoms with van der Waals surface area (Å²) in [4.78, 5) is 46.9. The fraction of sp³-hybridized carbons (Fsp3) is 0.643. The number of cyclic esters (lactones) is 1. The second-order valence-corrected chi connectivity index (χ2v) is 4.24. The molecule has 0 aromatic rings. The van der Waals surface area contributed by atoms with Crippen molar-refractivity contribution in [2.24, 2.45) is 0 Å². The monoisotopic (exact) mass is 452 g/mol. The van der Waals surface area contributed by atoms with Gasteiger partial charge in [-0.25, -0.2) is 19.2 Å². The van der Waals surface area contributed by atoms with Gasteiger partial charge in [0.2, 0.25) is 0 Å². The van der Waals surface area contributed by atoms with Gasteiger partial charge in [-0.15, -0.1) is 0 Å². The molecule has 0 aromatic heterocycles. The standard InChI is InChI=1S/C6H10O2.4C2H4O3.2H3N/c7-6-4-2-1-3-5-8-6;4*3-1-2(4)5;;/h1-5H2;4*3H,1H2,(H,4,5);2*1H3. The highest BCUT2D eigenvalue weighted by Gasteiger charge is 2.05. The SMILES string of the molecule is N.N.O=C(O)CO.O=C(O)CO.O=C(O)CO.O=C(O)CO.O=C1CCCCCO1. The fourth-order valence-electron chi connectivity index (χ4n) is 0.806. The predicted molar refractivity (Wildman–Crippen MR) is 98.4 cm³/mol. The van der Waals surface area contributed by atoms with Gasteiger partial charge in [-0.1, -0.05) is 0 Å². The molecule has 0 atom stereocenters. The quantitative estimate of drug-likeness (QED) is 0.200. The topological polar surface area (TPSA) is 326 Å². The molecule has 1 saturated heterocycles. The molecule has 14 N–H and O–H groups in total. The van der Waals surface area contributed by atoms with Gasteiger partial charge in [0.05, 0.1) is 6.61 Å². The van der Waals surface area contributed by atoms with E-state index in [4.69, 9.17) is 64.8 Å². The van der Waals surface area contributed by atoms with Crippen molar-refractivity contribution in [3.63, 3.8) is 0 Å². The smallest absolute Gasteiger partial charge is 0.329 e.